The second-order valence-corrected chi connectivity index (χ2v) is 5.00. The van der Waals surface area contributed by atoms with Crippen molar-refractivity contribution in [2.24, 2.45) is 5.92 Å². The molecule has 0 aliphatic heterocycles. The zero-order valence-corrected chi connectivity index (χ0v) is 11.0. The fraction of sp³-hybridized carbons (Fsp3) is 1.00. The highest BCUT2D eigenvalue weighted by Gasteiger charge is 2.26. The molecule has 0 amide bonds. The molecule has 3 heteroatoms. The van der Waals surface area contributed by atoms with Gasteiger partial charge >= 0.3 is 0 Å². The molecule has 0 spiro atoms. The summed E-state index contributed by atoms with van der Waals surface area (Å²) in [6.45, 7) is 7.20. The highest BCUT2D eigenvalue weighted by atomic mass is 16.5. The SMILES string of the molecule is CCN(CC1CCCCC1O)C(C)COC. The Hall–Kier alpha value is -0.120. The van der Waals surface area contributed by atoms with Crippen LogP contribution in [0.25, 0.3) is 0 Å². The van der Waals surface area contributed by atoms with Crippen LogP contribution in [0.3, 0.4) is 0 Å². The van der Waals surface area contributed by atoms with Gasteiger partial charge in [-0.15, -0.1) is 0 Å². The lowest BCUT2D eigenvalue weighted by molar-refractivity contribution is 0.0264. The average Bonchev–Trinajstić information content (AvgIpc) is 2.28. The number of rotatable bonds is 6. The normalized spacial score (nSPS) is 28.3. The third-order valence-electron chi connectivity index (χ3n) is 3.78. The minimum absolute atomic E-state index is 0.0856. The number of ether oxygens (including phenoxy) is 1. The van der Waals surface area contributed by atoms with Crippen molar-refractivity contribution in [1.29, 1.82) is 0 Å². The summed E-state index contributed by atoms with van der Waals surface area (Å²) in [4.78, 5) is 2.42. The van der Waals surface area contributed by atoms with Gasteiger partial charge in [0.15, 0.2) is 0 Å². The molecule has 1 saturated carbocycles. The lowest BCUT2D eigenvalue weighted by Gasteiger charge is -2.35. The van der Waals surface area contributed by atoms with E-state index in [0.29, 0.717) is 12.0 Å². The molecular formula is C13H27NO2. The molecule has 1 rings (SSSR count). The molecule has 1 fully saturated rings. The Morgan fingerprint density at radius 1 is 1.38 bits per heavy atom. The van der Waals surface area contributed by atoms with Gasteiger partial charge in [0.05, 0.1) is 12.7 Å². The van der Waals surface area contributed by atoms with Crippen molar-refractivity contribution in [3.05, 3.63) is 0 Å². The van der Waals surface area contributed by atoms with E-state index >= 15 is 0 Å². The summed E-state index contributed by atoms with van der Waals surface area (Å²) >= 11 is 0. The van der Waals surface area contributed by atoms with Gasteiger partial charge in [0.25, 0.3) is 0 Å². The van der Waals surface area contributed by atoms with Crippen LogP contribution in [0.15, 0.2) is 0 Å². The van der Waals surface area contributed by atoms with Gasteiger partial charge in [0.2, 0.25) is 0 Å². The molecule has 0 aromatic carbocycles. The Labute approximate surface area is 99.8 Å². The largest absolute Gasteiger partial charge is 0.393 e. The van der Waals surface area contributed by atoms with Gasteiger partial charge in [-0.3, -0.25) is 4.90 Å². The van der Waals surface area contributed by atoms with Gasteiger partial charge in [0.1, 0.15) is 0 Å². The number of methoxy groups -OCH3 is 1. The zero-order chi connectivity index (χ0) is 12.0. The predicted molar refractivity (Wildman–Crippen MR) is 66.5 cm³/mol. The van der Waals surface area contributed by atoms with Gasteiger partial charge < -0.3 is 9.84 Å². The van der Waals surface area contributed by atoms with Gasteiger partial charge in [-0.2, -0.15) is 0 Å². The molecule has 1 aliphatic carbocycles. The molecule has 3 nitrogen and oxygen atoms in total. The maximum absolute atomic E-state index is 9.97. The molecule has 0 heterocycles. The topological polar surface area (TPSA) is 32.7 Å². The molecule has 1 aliphatic rings. The van der Waals surface area contributed by atoms with Crippen LogP contribution < -0.4 is 0 Å². The number of likely N-dealkylation sites (N-methyl/N-ethyl adjacent to an activating group) is 1. The van der Waals surface area contributed by atoms with E-state index in [4.69, 9.17) is 4.74 Å². The lowest BCUT2D eigenvalue weighted by Crippen LogP contribution is -2.43. The zero-order valence-electron chi connectivity index (χ0n) is 11.0. The van der Waals surface area contributed by atoms with Crippen molar-refractivity contribution in [1.82, 2.24) is 4.90 Å². The summed E-state index contributed by atoms with van der Waals surface area (Å²) in [7, 11) is 1.75. The van der Waals surface area contributed by atoms with E-state index in [2.05, 4.69) is 18.7 Å². The lowest BCUT2D eigenvalue weighted by atomic mass is 9.86. The van der Waals surface area contributed by atoms with Crippen LogP contribution in [0.1, 0.15) is 39.5 Å². The Bertz CT molecular complexity index is 187. The quantitative estimate of drug-likeness (QED) is 0.755. The van der Waals surface area contributed by atoms with E-state index in [1.807, 2.05) is 0 Å². The molecule has 0 saturated heterocycles. The van der Waals surface area contributed by atoms with E-state index < -0.39 is 0 Å². The predicted octanol–water partition coefficient (Wildman–Crippen LogP) is 1.89. The summed E-state index contributed by atoms with van der Waals surface area (Å²) < 4.78 is 5.20. The summed E-state index contributed by atoms with van der Waals surface area (Å²) in [5.74, 6) is 0.466. The minimum atomic E-state index is -0.0856. The first kappa shape index (κ1) is 13.9. The summed E-state index contributed by atoms with van der Waals surface area (Å²) in [5.41, 5.74) is 0. The van der Waals surface area contributed by atoms with E-state index in [-0.39, 0.29) is 6.10 Å². The molecule has 16 heavy (non-hydrogen) atoms. The first-order valence-electron chi connectivity index (χ1n) is 6.60. The number of nitrogens with zero attached hydrogens (tertiary/aromatic N) is 1. The van der Waals surface area contributed by atoms with Crippen molar-refractivity contribution in [3.8, 4) is 0 Å². The molecule has 1 N–H and O–H groups in total. The standard InChI is InChI=1S/C13H27NO2/c1-4-14(11(2)10-16-3)9-12-7-5-6-8-13(12)15/h11-13,15H,4-10H2,1-3H3. The van der Waals surface area contributed by atoms with Crippen LogP contribution in [0.2, 0.25) is 0 Å². The van der Waals surface area contributed by atoms with Crippen molar-refractivity contribution in [2.75, 3.05) is 26.8 Å². The van der Waals surface area contributed by atoms with Crippen molar-refractivity contribution >= 4 is 0 Å². The van der Waals surface area contributed by atoms with Gasteiger partial charge in [-0.1, -0.05) is 19.8 Å². The minimum Gasteiger partial charge on any atom is -0.393 e. The number of aliphatic hydroxyl groups is 1. The van der Waals surface area contributed by atoms with Crippen LogP contribution in [0.5, 0.6) is 0 Å². The van der Waals surface area contributed by atoms with Crippen molar-refractivity contribution in [3.63, 3.8) is 0 Å². The molecule has 3 atom stereocenters. The Balaban J connectivity index is 2.41. The Morgan fingerprint density at radius 3 is 2.62 bits per heavy atom. The Morgan fingerprint density at radius 2 is 2.06 bits per heavy atom. The van der Waals surface area contributed by atoms with Crippen LogP contribution in [0, 0.1) is 5.92 Å². The fourth-order valence-corrected chi connectivity index (χ4v) is 2.67. The average molecular weight is 229 g/mol. The van der Waals surface area contributed by atoms with E-state index in [1.165, 1.54) is 19.3 Å². The molecular weight excluding hydrogens is 202 g/mol. The third-order valence-corrected chi connectivity index (χ3v) is 3.78. The highest BCUT2D eigenvalue weighted by Crippen LogP contribution is 2.25. The van der Waals surface area contributed by atoms with Gasteiger partial charge in [-0.05, 0) is 32.2 Å². The maximum atomic E-state index is 9.97. The van der Waals surface area contributed by atoms with Crippen LogP contribution in [-0.4, -0.2) is 49.0 Å². The fourth-order valence-electron chi connectivity index (χ4n) is 2.67. The van der Waals surface area contributed by atoms with Gasteiger partial charge in [-0.25, -0.2) is 0 Å². The third kappa shape index (κ3) is 4.04. The molecule has 0 bridgehead atoms. The van der Waals surface area contributed by atoms with Crippen molar-refractivity contribution in [2.45, 2.75) is 51.7 Å². The molecule has 0 aromatic heterocycles. The molecule has 0 radical (unpaired) electrons. The van der Waals surface area contributed by atoms with E-state index in [1.54, 1.807) is 7.11 Å². The summed E-state index contributed by atoms with van der Waals surface area (Å²) in [6.07, 6.45) is 4.55. The number of hydrogen-bond donors (Lipinski definition) is 1. The number of aliphatic hydroxyl groups excluding tert-OH is 1. The second-order valence-electron chi connectivity index (χ2n) is 5.00. The summed E-state index contributed by atoms with van der Waals surface area (Å²) in [6, 6.07) is 0.448. The molecule has 96 valence electrons. The maximum Gasteiger partial charge on any atom is 0.0615 e. The first-order valence-corrected chi connectivity index (χ1v) is 6.60. The summed E-state index contributed by atoms with van der Waals surface area (Å²) in [5, 5.41) is 9.97. The van der Waals surface area contributed by atoms with E-state index in [9.17, 15) is 5.11 Å². The van der Waals surface area contributed by atoms with Crippen LogP contribution in [0.4, 0.5) is 0 Å². The number of hydrogen-bond acceptors (Lipinski definition) is 3. The second kappa shape index (κ2) is 7.25. The van der Waals surface area contributed by atoms with Gasteiger partial charge in [0, 0.05) is 19.7 Å². The molecule has 3 unspecified atom stereocenters. The Kier molecular flexibility index (Phi) is 6.32. The first-order chi connectivity index (χ1) is 7.69. The molecule has 0 aromatic rings. The van der Waals surface area contributed by atoms with Crippen LogP contribution in [-0.2, 0) is 4.74 Å². The highest BCUT2D eigenvalue weighted by molar-refractivity contribution is 4.79. The monoisotopic (exact) mass is 229 g/mol. The smallest absolute Gasteiger partial charge is 0.0615 e. The van der Waals surface area contributed by atoms with Crippen molar-refractivity contribution < 1.29 is 9.84 Å². The van der Waals surface area contributed by atoms with E-state index in [0.717, 1.165) is 26.1 Å². The van der Waals surface area contributed by atoms with Crippen LogP contribution >= 0.6 is 0 Å².